The summed E-state index contributed by atoms with van der Waals surface area (Å²) < 4.78 is 39.0. The van der Waals surface area contributed by atoms with Gasteiger partial charge in [-0.3, -0.25) is 4.79 Å². The molecule has 0 saturated carbocycles. The van der Waals surface area contributed by atoms with Gasteiger partial charge in [0.15, 0.2) is 0 Å². The van der Waals surface area contributed by atoms with Gasteiger partial charge in [0.05, 0.1) is 35.3 Å². The number of morpholine rings is 1. The molecule has 8 nitrogen and oxygen atoms in total. The quantitative estimate of drug-likeness (QED) is 0.697. The van der Waals surface area contributed by atoms with Gasteiger partial charge in [0.2, 0.25) is 15.9 Å². The van der Waals surface area contributed by atoms with Gasteiger partial charge < -0.3 is 14.4 Å². The van der Waals surface area contributed by atoms with Crippen molar-refractivity contribution in [1.82, 2.24) is 9.21 Å². The highest BCUT2D eigenvalue weighted by Crippen LogP contribution is 2.40. The van der Waals surface area contributed by atoms with Crippen LogP contribution in [0.3, 0.4) is 0 Å². The predicted octanol–water partition coefficient (Wildman–Crippen LogP) is 1.76. The Hall–Kier alpha value is -1.99. The Balaban J connectivity index is 1.35. The molecule has 0 radical (unpaired) electrons. The minimum absolute atomic E-state index is 0.186. The first-order valence-corrected chi connectivity index (χ1v) is 12.4. The van der Waals surface area contributed by atoms with Crippen molar-refractivity contribution >= 4 is 15.9 Å². The van der Waals surface area contributed by atoms with Crippen LogP contribution in [-0.4, -0.2) is 75.1 Å². The molecule has 1 unspecified atom stereocenters. The maximum Gasteiger partial charge on any atom is 0.243 e. The average Bonchev–Trinajstić information content (AvgIpc) is 2.80. The molecular formula is C22H29N3O5S. The number of benzene rings is 1. The molecule has 1 atom stereocenters. The molecule has 0 N–H and O–H groups in total. The van der Waals surface area contributed by atoms with Gasteiger partial charge in [0.25, 0.3) is 0 Å². The summed E-state index contributed by atoms with van der Waals surface area (Å²) in [4.78, 5) is 14.7. The number of carbonyl (C=O) groups is 1. The van der Waals surface area contributed by atoms with Crippen molar-refractivity contribution in [1.29, 1.82) is 5.26 Å². The van der Waals surface area contributed by atoms with Gasteiger partial charge in [-0.2, -0.15) is 9.57 Å². The van der Waals surface area contributed by atoms with E-state index in [0.29, 0.717) is 70.8 Å². The Morgan fingerprint density at radius 3 is 2.42 bits per heavy atom. The standard InChI is InChI=1S/C22H29N3O5S/c23-17-18-1-3-20(4-2-18)31(27,28)25-8-6-22(7-9-25)16-19(5-12-30-22)15-21(26)24-10-13-29-14-11-24/h1-4,19H,5-16H2. The first-order chi connectivity index (χ1) is 14.9. The Labute approximate surface area is 183 Å². The summed E-state index contributed by atoms with van der Waals surface area (Å²) in [7, 11) is -3.59. The lowest BCUT2D eigenvalue weighted by Crippen LogP contribution is -2.51. The minimum atomic E-state index is -3.59. The highest BCUT2D eigenvalue weighted by Gasteiger charge is 2.43. The van der Waals surface area contributed by atoms with E-state index in [1.807, 2.05) is 11.0 Å². The lowest BCUT2D eigenvalue weighted by Gasteiger charge is -2.46. The SMILES string of the molecule is N#Cc1ccc(S(=O)(=O)N2CCC3(CC2)CC(CC(=O)N2CCOCC2)CCO3)cc1. The molecule has 4 rings (SSSR count). The van der Waals surface area contributed by atoms with Crippen molar-refractivity contribution in [2.24, 2.45) is 5.92 Å². The van der Waals surface area contributed by atoms with Crippen LogP contribution in [0.2, 0.25) is 0 Å². The van der Waals surface area contributed by atoms with Crippen molar-refractivity contribution in [3.63, 3.8) is 0 Å². The van der Waals surface area contributed by atoms with Gasteiger partial charge in [-0.15, -0.1) is 0 Å². The molecular weight excluding hydrogens is 418 g/mol. The van der Waals surface area contributed by atoms with Gasteiger partial charge in [-0.1, -0.05) is 0 Å². The molecule has 3 saturated heterocycles. The molecule has 3 heterocycles. The third-order valence-electron chi connectivity index (χ3n) is 6.68. The molecule has 0 bridgehead atoms. The fraction of sp³-hybridized carbons (Fsp3) is 0.636. The minimum Gasteiger partial charge on any atom is -0.378 e. The van der Waals surface area contributed by atoms with E-state index in [1.54, 1.807) is 0 Å². The molecule has 3 aliphatic rings. The largest absolute Gasteiger partial charge is 0.378 e. The Morgan fingerprint density at radius 1 is 1.10 bits per heavy atom. The van der Waals surface area contributed by atoms with Crippen molar-refractivity contribution in [3.8, 4) is 6.07 Å². The van der Waals surface area contributed by atoms with E-state index >= 15 is 0 Å². The summed E-state index contributed by atoms with van der Waals surface area (Å²) in [6.45, 7) is 3.94. The van der Waals surface area contributed by atoms with E-state index in [2.05, 4.69) is 0 Å². The molecule has 0 aromatic heterocycles. The topological polar surface area (TPSA) is 99.9 Å². The third-order valence-corrected chi connectivity index (χ3v) is 8.59. The van der Waals surface area contributed by atoms with E-state index in [-0.39, 0.29) is 22.3 Å². The Bertz CT molecular complexity index is 927. The predicted molar refractivity (Wildman–Crippen MR) is 113 cm³/mol. The van der Waals surface area contributed by atoms with Crippen LogP contribution in [0, 0.1) is 17.2 Å². The maximum atomic E-state index is 13.0. The van der Waals surface area contributed by atoms with E-state index in [1.165, 1.54) is 28.6 Å². The number of hydrogen-bond donors (Lipinski definition) is 0. The van der Waals surface area contributed by atoms with Crippen molar-refractivity contribution in [2.75, 3.05) is 46.0 Å². The van der Waals surface area contributed by atoms with Crippen LogP contribution >= 0.6 is 0 Å². The second-order valence-corrected chi connectivity index (χ2v) is 10.6. The zero-order chi connectivity index (χ0) is 21.9. The van der Waals surface area contributed by atoms with Crippen LogP contribution < -0.4 is 0 Å². The number of nitrogens with zero attached hydrogens (tertiary/aromatic N) is 3. The van der Waals surface area contributed by atoms with Crippen LogP contribution in [0.15, 0.2) is 29.2 Å². The highest BCUT2D eigenvalue weighted by molar-refractivity contribution is 7.89. The van der Waals surface area contributed by atoms with Crippen LogP contribution in [0.1, 0.15) is 37.7 Å². The molecule has 168 valence electrons. The number of rotatable bonds is 4. The summed E-state index contributed by atoms with van der Waals surface area (Å²) in [6.07, 6.45) is 3.45. The maximum absolute atomic E-state index is 13.0. The molecule has 1 aromatic carbocycles. The van der Waals surface area contributed by atoms with Crippen LogP contribution in [0.25, 0.3) is 0 Å². The monoisotopic (exact) mass is 447 g/mol. The van der Waals surface area contributed by atoms with Crippen molar-refractivity contribution < 1.29 is 22.7 Å². The van der Waals surface area contributed by atoms with Crippen LogP contribution in [0.5, 0.6) is 0 Å². The number of sulfonamides is 1. The third kappa shape index (κ3) is 4.93. The van der Waals surface area contributed by atoms with Crippen molar-refractivity contribution in [2.45, 2.75) is 42.6 Å². The average molecular weight is 448 g/mol. The second-order valence-electron chi connectivity index (χ2n) is 8.63. The number of ether oxygens (including phenoxy) is 2. The molecule has 31 heavy (non-hydrogen) atoms. The zero-order valence-corrected chi connectivity index (χ0v) is 18.5. The first kappa shape index (κ1) is 22.2. The summed E-state index contributed by atoms with van der Waals surface area (Å²) in [5.74, 6) is 0.456. The summed E-state index contributed by atoms with van der Waals surface area (Å²) >= 11 is 0. The summed E-state index contributed by atoms with van der Waals surface area (Å²) in [5, 5.41) is 8.92. The summed E-state index contributed by atoms with van der Waals surface area (Å²) in [5.41, 5.74) is 0.0926. The van der Waals surface area contributed by atoms with Gasteiger partial charge in [-0.25, -0.2) is 8.42 Å². The number of carbonyl (C=O) groups excluding carboxylic acids is 1. The summed E-state index contributed by atoms with van der Waals surface area (Å²) in [6, 6.07) is 8.03. The first-order valence-electron chi connectivity index (χ1n) is 10.9. The van der Waals surface area contributed by atoms with Gasteiger partial charge in [0.1, 0.15) is 0 Å². The number of hydrogen-bond acceptors (Lipinski definition) is 6. The zero-order valence-electron chi connectivity index (χ0n) is 17.7. The molecule has 3 aliphatic heterocycles. The van der Waals surface area contributed by atoms with E-state index in [4.69, 9.17) is 14.7 Å². The Morgan fingerprint density at radius 2 is 1.77 bits per heavy atom. The van der Waals surface area contributed by atoms with Crippen molar-refractivity contribution in [3.05, 3.63) is 29.8 Å². The molecule has 0 aliphatic carbocycles. The molecule has 1 aromatic rings. The van der Waals surface area contributed by atoms with Gasteiger partial charge in [-0.05, 0) is 55.9 Å². The normalized spacial score (nSPS) is 24.6. The van der Waals surface area contributed by atoms with Gasteiger partial charge in [0, 0.05) is 39.2 Å². The van der Waals surface area contributed by atoms with E-state index in [0.717, 1.165) is 12.8 Å². The lowest BCUT2D eigenvalue weighted by atomic mass is 9.78. The smallest absolute Gasteiger partial charge is 0.243 e. The fourth-order valence-electron chi connectivity index (χ4n) is 4.83. The second kappa shape index (κ2) is 9.25. The number of amides is 1. The Kier molecular flexibility index (Phi) is 6.63. The molecule has 9 heteroatoms. The molecule has 1 spiro atoms. The van der Waals surface area contributed by atoms with Crippen LogP contribution in [-0.2, 0) is 24.3 Å². The lowest BCUT2D eigenvalue weighted by molar-refractivity contribution is -0.143. The highest BCUT2D eigenvalue weighted by atomic mass is 32.2. The van der Waals surface area contributed by atoms with E-state index < -0.39 is 10.0 Å². The number of nitriles is 1. The fourth-order valence-corrected chi connectivity index (χ4v) is 6.27. The van der Waals surface area contributed by atoms with E-state index in [9.17, 15) is 13.2 Å². The van der Waals surface area contributed by atoms with Gasteiger partial charge >= 0.3 is 0 Å². The molecule has 3 fully saturated rings. The number of piperidine rings is 1. The molecule has 1 amide bonds. The van der Waals surface area contributed by atoms with Crippen LogP contribution in [0.4, 0.5) is 0 Å².